The Bertz CT molecular complexity index is 2110. The van der Waals surface area contributed by atoms with E-state index < -0.39 is 80.4 Å². The number of sulfonamides is 1. The molecule has 4 aromatic rings. The first-order valence-corrected chi connectivity index (χ1v) is 17.3. The van der Waals surface area contributed by atoms with Crippen LogP contribution < -0.4 is 4.90 Å². The van der Waals surface area contributed by atoms with E-state index in [0.717, 1.165) is 47.1 Å². The first-order chi connectivity index (χ1) is 23.8. The average molecular weight is 753 g/mol. The van der Waals surface area contributed by atoms with Gasteiger partial charge in [-0.2, -0.15) is 4.31 Å². The zero-order valence-electron chi connectivity index (χ0n) is 27.4. The minimum absolute atomic E-state index is 0.120. The Kier molecular flexibility index (Phi) is 10.6. The zero-order valence-corrected chi connectivity index (χ0v) is 29.0. The summed E-state index contributed by atoms with van der Waals surface area (Å²) in [6, 6.07) is 13.8. The normalized spacial score (nSPS) is 13.5. The Morgan fingerprint density at radius 1 is 0.804 bits per heavy atom. The van der Waals surface area contributed by atoms with E-state index >= 15 is 4.39 Å². The van der Waals surface area contributed by atoms with Gasteiger partial charge in [0.2, 0.25) is 21.7 Å². The van der Waals surface area contributed by atoms with Gasteiger partial charge in [0.05, 0.1) is 18.7 Å². The number of carbonyl (C=O) groups is 2. The highest BCUT2D eigenvalue weighted by Gasteiger charge is 2.39. The van der Waals surface area contributed by atoms with Crippen molar-refractivity contribution < 1.29 is 49.5 Å². The molecule has 15 heteroatoms. The summed E-state index contributed by atoms with van der Waals surface area (Å²) in [6.07, 6.45) is 1.87. The van der Waals surface area contributed by atoms with Crippen LogP contribution in [0.3, 0.4) is 0 Å². The predicted molar refractivity (Wildman–Crippen MR) is 177 cm³/mol. The molecule has 7 nitrogen and oxygen atoms in total. The molecule has 1 amide bonds. The summed E-state index contributed by atoms with van der Waals surface area (Å²) in [4.78, 5) is 24.6. The molecule has 1 fully saturated rings. The summed E-state index contributed by atoms with van der Waals surface area (Å²) in [6.45, 7) is 3.60. The third-order valence-electron chi connectivity index (χ3n) is 8.42. The molecule has 1 aliphatic rings. The van der Waals surface area contributed by atoms with E-state index in [0.29, 0.717) is 5.56 Å². The fraction of sp³-hybridized carbons (Fsp3) is 0.278. The molecule has 0 unspecified atom stereocenters. The number of anilines is 1. The lowest BCUT2D eigenvalue weighted by atomic mass is 9.84. The van der Waals surface area contributed by atoms with Crippen LogP contribution in [0.5, 0.6) is 0 Å². The topological polar surface area (TPSA) is 95.0 Å². The number of amides is 1. The third-order valence-corrected chi connectivity index (χ3v) is 10.5. The number of halogens is 7. The van der Waals surface area contributed by atoms with Crippen molar-refractivity contribution in [3.05, 3.63) is 128 Å². The lowest BCUT2D eigenvalue weighted by Crippen LogP contribution is -2.43. The number of benzene rings is 4. The van der Waals surface area contributed by atoms with Gasteiger partial charge in [0.25, 0.3) is 0 Å². The zero-order chi connectivity index (χ0) is 37.6. The predicted octanol–water partition coefficient (Wildman–Crippen LogP) is 8.47. The van der Waals surface area contributed by atoms with E-state index in [-0.39, 0.29) is 38.5 Å². The van der Waals surface area contributed by atoms with Crippen LogP contribution in [-0.4, -0.2) is 36.3 Å². The highest BCUT2D eigenvalue weighted by molar-refractivity contribution is 7.89. The van der Waals surface area contributed by atoms with E-state index in [1.54, 1.807) is 0 Å². The van der Waals surface area contributed by atoms with Crippen molar-refractivity contribution in [3.8, 4) is 0 Å². The summed E-state index contributed by atoms with van der Waals surface area (Å²) in [5, 5.41) is 9.60. The summed E-state index contributed by atoms with van der Waals surface area (Å²) < 4.78 is 115. The van der Waals surface area contributed by atoms with Gasteiger partial charge < -0.3 is 10.0 Å². The van der Waals surface area contributed by atoms with Crippen molar-refractivity contribution in [2.45, 2.75) is 62.9 Å². The molecule has 0 atom stereocenters. The highest BCUT2D eigenvalue weighted by atomic mass is 35.5. The average Bonchev–Trinajstić information content (AvgIpc) is 3.91. The Hall–Kier alpha value is -4.40. The Balaban J connectivity index is 1.63. The number of carbonyl (C=O) groups excluding carboxylic acids is 1. The molecular weight excluding hydrogens is 722 g/mol. The third kappa shape index (κ3) is 8.08. The number of nitrogens with zero attached hydrogens (tertiary/aromatic N) is 2. The summed E-state index contributed by atoms with van der Waals surface area (Å²) >= 11 is 5.93. The van der Waals surface area contributed by atoms with Crippen LogP contribution in [0.1, 0.15) is 72.1 Å². The second kappa shape index (κ2) is 14.3. The molecule has 4 aromatic carbocycles. The van der Waals surface area contributed by atoms with Crippen molar-refractivity contribution in [2.24, 2.45) is 0 Å². The van der Waals surface area contributed by atoms with E-state index in [4.69, 9.17) is 11.6 Å². The van der Waals surface area contributed by atoms with Crippen LogP contribution in [0.4, 0.5) is 32.0 Å². The van der Waals surface area contributed by atoms with Crippen LogP contribution in [0.15, 0.2) is 65.6 Å². The SMILES string of the molecule is CC(C)(C)c1cc(CN(C(=O)CN(Cc2ccc(Cl)cc2)S(=O)(=O)c2c(F)c(F)c(F)c(F)c2F)c2ccc(C(=O)O)c(F)c2)cc(C2CC2)c1. The highest BCUT2D eigenvalue weighted by Crippen LogP contribution is 2.42. The number of hydrogen-bond acceptors (Lipinski definition) is 4. The van der Waals surface area contributed by atoms with Gasteiger partial charge in [-0.05, 0) is 76.8 Å². The van der Waals surface area contributed by atoms with E-state index in [1.165, 1.54) is 24.3 Å². The number of carboxylic acids is 1. The van der Waals surface area contributed by atoms with Gasteiger partial charge in [-0.15, -0.1) is 0 Å². The maximum Gasteiger partial charge on any atom is 0.338 e. The smallest absolute Gasteiger partial charge is 0.338 e. The maximum atomic E-state index is 15.0. The quantitative estimate of drug-likeness (QED) is 0.0943. The molecule has 0 aromatic heterocycles. The number of carboxylic acid groups (broad SMARTS) is 1. The van der Waals surface area contributed by atoms with Gasteiger partial charge in [-0.3, -0.25) is 4.79 Å². The van der Waals surface area contributed by atoms with Crippen molar-refractivity contribution in [1.29, 1.82) is 0 Å². The van der Waals surface area contributed by atoms with Gasteiger partial charge in [-0.25, -0.2) is 39.6 Å². The second-order valence-electron chi connectivity index (χ2n) is 13.2. The number of aromatic carboxylic acids is 1. The standard InChI is InChI=1S/C36H31ClF6N2O5S/c1-36(2,3)23-13-20(12-22(14-23)21-6-7-21)17-45(25-10-11-26(35(47)48)27(38)15-25)28(46)18-44(16-19-4-8-24(37)9-5-19)51(49,50)34-32(42)30(40)29(39)31(41)33(34)43/h4-5,8-15,21H,6-7,16-18H2,1-3H3,(H,47,48). The Morgan fingerprint density at radius 3 is 1.92 bits per heavy atom. The molecule has 0 radical (unpaired) electrons. The monoisotopic (exact) mass is 752 g/mol. The van der Waals surface area contributed by atoms with Crippen LogP contribution >= 0.6 is 11.6 Å². The lowest BCUT2D eigenvalue weighted by molar-refractivity contribution is -0.119. The van der Waals surface area contributed by atoms with Gasteiger partial charge in [0, 0.05) is 17.3 Å². The van der Waals surface area contributed by atoms with Crippen LogP contribution in [0.2, 0.25) is 5.02 Å². The first kappa shape index (κ1) is 37.8. The molecule has 1 N–H and O–H groups in total. The lowest BCUT2D eigenvalue weighted by Gasteiger charge is -2.29. The molecule has 5 rings (SSSR count). The maximum absolute atomic E-state index is 15.0. The van der Waals surface area contributed by atoms with Gasteiger partial charge >= 0.3 is 5.97 Å². The molecule has 1 saturated carbocycles. The number of hydrogen-bond donors (Lipinski definition) is 1. The molecular formula is C36H31ClF6N2O5S. The largest absolute Gasteiger partial charge is 0.478 e. The number of rotatable bonds is 11. The van der Waals surface area contributed by atoms with Crippen molar-refractivity contribution in [2.75, 3.05) is 11.4 Å². The van der Waals surface area contributed by atoms with Gasteiger partial charge in [0.1, 0.15) is 5.82 Å². The fourth-order valence-electron chi connectivity index (χ4n) is 5.44. The summed E-state index contributed by atoms with van der Waals surface area (Å²) in [5.74, 6) is -16.5. The molecule has 0 bridgehead atoms. The Labute approximate surface area is 295 Å². The van der Waals surface area contributed by atoms with Crippen LogP contribution in [0.25, 0.3) is 0 Å². The van der Waals surface area contributed by atoms with Crippen LogP contribution in [-0.2, 0) is 33.3 Å². The summed E-state index contributed by atoms with van der Waals surface area (Å²) in [5.41, 5.74) is 1.30. The van der Waals surface area contributed by atoms with Gasteiger partial charge in [-0.1, -0.05) is 62.7 Å². The summed E-state index contributed by atoms with van der Waals surface area (Å²) in [7, 11) is -5.67. The second-order valence-corrected chi connectivity index (χ2v) is 15.5. The van der Waals surface area contributed by atoms with E-state index in [2.05, 4.69) is 0 Å². The van der Waals surface area contributed by atoms with Crippen molar-refractivity contribution in [1.82, 2.24) is 4.31 Å². The van der Waals surface area contributed by atoms with Crippen LogP contribution in [0, 0.1) is 34.9 Å². The first-order valence-electron chi connectivity index (χ1n) is 15.5. The molecule has 51 heavy (non-hydrogen) atoms. The minimum Gasteiger partial charge on any atom is -0.478 e. The molecule has 0 spiro atoms. The molecule has 0 heterocycles. The van der Waals surface area contributed by atoms with E-state index in [9.17, 15) is 45.1 Å². The minimum atomic E-state index is -5.67. The molecule has 0 aliphatic heterocycles. The fourth-order valence-corrected chi connectivity index (χ4v) is 7.06. The van der Waals surface area contributed by atoms with E-state index in [1.807, 2.05) is 39.0 Å². The Morgan fingerprint density at radius 2 is 1.39 bits per heavy atom. The molecule has 270 valence electrons. The van der Waals surface area contributed by atoms with Crippen molar-refractivity contribution >= 4 is 39.2 Å². The molecule has 1 aliphatic carbocycles. The molecule has 0 saturated heterocycles. The van der Waals surface area contributed by atoms with Gasteiger partial charge in [0.15, 0.2) is 28.2 Å². The van der Waals surface area contributed by atoms with Crippen molar-refractivity contribution in [3.63, 3.8) is 0 Å².